The number of urea groups is 1. The molecule has 30 heavy (non-hydrogen) atoms. The summed E-state index contributed by atoms with van der Waals surface area (Å²) in [5, 5.41) is 0. The van der Waals surface area contributed by atoms with Gasteiger partial charge in [0, 0.05) is 30.9 Å². The summed E-state index contributed by atoms with van der Waals surface area (Å²) in [6.45, 7) is 6.65. The Morgan fingerprint density at radius 2 is 2.20 bits per heavy atom. The second-order valence-electron chi connectivity index (χ2n) is 9.25. The summed E-state index contributed by atoms with van der Waals surface area (Å²) in [5.74, 6) is 7.48. The molecule has 1 aromatic carbocycles. The van der Waals surface area contributed by atoms with Crippen molar-refractivity contribution in [3.05, 3.63) is 30.1 Å². The molecule has 3 fully saturated rings. The molecule has 5 rings (SSSR count). The minimum atomic E-state index is -0.509. The van der Waals surface area contributed by atoms with Crippen molar-refractivity contribution >= 4 is 17.6 Å². The van der Waals surface area contributed by atoms with E-state index in [9.17, 15) is 9.18 Å². The maximum absolute atomic E-state index is 14.1. The first-order chi connectivity index (χ1) is 14.5. The fourth-order valence-corrected chi connectivity index (χ4v) is 6.11. The molecule has 2 amide bonds. The van der Waals surface area contributed by atoms with E-state index in [0.717, 1.165) is 38.3 Å². The Hall–Kier alpha value is -2.39. The number of hydrogen-bond acceptors (Lipinski definition) is 3. The van der Waals surface area contributed by atoms with Gasteiger partial charge in [0.15, 0.2) is 0 Å². The van der Waals surface area contributed by atoms with Crippen molar-refractivity contribution in [1.82, 2.24) is 9.80 Å². The van der Waals surface area contributed by atoms with E-state index in [1.54, 1.807) is 11.0 Å². The van der Waals surface area contributed by atoms with E-state index in [1.165, 1.54) is 31.4 Å². The van der Waals surface area contributed by atoms with E-state index >= 15 is 0 Å². The fourth-order valence-electron chi connectivity index (χ4n) is 6.11. The molecule has 3 heterocycles. The number of anilines is 1. The summed E-state index contributed by atoms with van der Waals surface area (Å²) in [6.07, 6.45) is 5.24. The molecule has 5 nitrogen and oxygen atoms in total. The molecule has 2 bridgehead atoms. The average molecular weight is 409 g/mol. The van der Waals surface area contributed by atoms with Gasteiger partial charge in [0.1, 0.15) is 17.2 Å². The number of nitrogens with zero attached hydrogens (tertiary/aromatic N) is 4. The van der Waals surface area contributed by atoms with Crippen LogP contribution in [0.4, 0.5) is 14.9 Å². The lowest BCUT2D eigenvalue weighted by atomic mass is 9.80. The monoisotopic (exact) mass is 408 g/mol. The van der Waals surface area contributed by atoms with Crippen LogP contribution >= 0.6 is 0 Å². The van der Waals surface area contributed by atoms with Crippen molar-refractivity contribution in [2.24, 2.45) is 10.9 Å². The van der Waals surface area contributed by atoms with Gasteiger partial charge in [0.2, 0.25) is 0 Å². The minimum Gasteiger partial charge on any atom is -0.355 e. The third kappa shape index (κ3) is 3.02. The molecule has 1 saturated carbocycles. The zero-order chi connectivity index (χ0) is 20.9. The van der Waals surface area contributed by atoms with Gasteiger partial charge in [-0.25, -0.2) is 9.18 Å². The molecule has 2 unspecified atom stereocenters. The number of carbonyl (C=O) groups excluding carboxylic acids is 1. The first-order valence-corrected chi connectivity index (χ1v) is 11.1. The Kier molecular flexibility index (Phi) is 4.82. The van der Waals surface area contributed by atoms with Gasteiger partial charge in [-0.05, 0) is 70.1 Å². The number of benzene rings is 1. The molecule has 4 aliphatic rings. The van der Waals surface area contributed by atoms with Gasteiger partial charge in [-0.15, -0.1) is 5.92 Å². The molecule has 1 aromatic rings. The van der Waals surface area contributed by atoms with Crippen LogP contribution in [-0.2, 0) is 0 Å². The molecule has 1 spiro atoms. The molecule has 1 aliphatic carbocycles. The molecule has 4 atom stereocenters. The van der Waals surface area contributed by atoms with Gasteiger partial charge in [0.05, 0.1) is 6.54 Å². The summed E-state index contributed by atoms with van der Waals surface area (Å²) in [6, 6.07) is 6.89. The van der Waals surface area contributed by atoms with E-state index in [-0.39, 0.29) is 17.9 Å². The predicted molar refractivity (Wildman–Crippen MR) is 116 cm³/mol. The number of likely N-dealkylation sites (tertiary alicyclic amines) is 2. The summed E-state index contributed by atoms with van der Waals surface area (Å²) in [4.78, 5) is 24.5. The van der Waals surface area contributed by atoms with Crippen molar-refractivity contribution in [3.8, 4) is 11.8 Å². The van der Waals surface area contributed by atoms with E-state index in [2.05, 4.69) is 33.6 Å². The van der Waals surface area contributed by atoms with Crippen molar-refractivity contribution in [1.29, 1.82) is 0 Å². The summed E-state index contributed by atoms with van der Waals surface area (Å²) in [7, 11) is 0. The number of amides is 2. The summed E-state index contributed by atoms with van der Waals surface area (Å²) in [5.41, 5.74) is 0.0994. The number of hydrogen-bond donors (Lipinski definition) is 0. The van der Waals surface area contributed by atoms with Crippen molar-refractivity contribution in [3.63, 3.8) is 0 Å². The van der Waals surface area contributed by atoms with Gasteiger partial charge in [-0.2, -0.15) is 4.99 Å². The van der Waals surface area contributed by atoms with E-state index in [0.29, 0.717) is 17.6 Å². The van der Waals surface area contributed by atoms with Gasteiger partial charge in [0.25, 0.3) is 0 Å². The topological polar surface area (TPSA) is 39.1 Å². The average Bonchev–Trinajstić information content (AvgIpc) is 3.41. The number of rotatable bonds is 2. The third-order valence-corrected chi connectivity index (χ3v) is 7.51. The van der Waals surface area contributed by atoms with Crippen LogP contribution in [0.15, 0.2) is 29.3 Å². The lowest BCUT2D eigenvalue weighted by Gasteiger charge is -2.50. The first-order valence-electron chi connectivity index (χ1n) is 11.1. The van der Waals surface area contributed by atoms with E-state index in [4.69, 9.17) is 0 Å². The van der Waals surface area contributed by atoms with E-state index in [1.807, 2.05) is 13.0 Å². The molecule has 0 radical (unpaired) electrons. The highest BCUT2D eigenvalue weighted by Gasteiger charge is 2.57. The maximum Gasteiger partial charge on any atom is 0.350 e. The highest BCUT2D eigenvalue weighted by Crippen LogP contribution is 2.46. The van der Waals surface area contributed by atoms with Crippen LogP contribution in [0.1, 0.15) is 46.0 Å². The maximum atomic E-state index is 14.1. The normalized spacial score (nSPS) is 33.2. The van der Waals surface area contributed by atoms with Gasteiger partial charge < -0.3 is 4.90 Å². The summed E-state index contributed by atoms with van der Waals surface area (Å²) >= 11 is 0. The molecule has 0 aromatic heterocycles. The van der Waals surface area contributed by atoms with Crippen LogP contribution in [0.25, 0.3) is 0 Å². The fraction of sp³-hybridized carbons (Fsp3) is 0.583. The van der Waals surface area contributed by atoms with Gasteiger partial charge >= 0.3 is 6.03 Å². The molecule has 158 valence electrons. The Labute approximate surface area is 177 Å². The molecular weight excluding hydrogens is 379 g/mol. The largest absolute Gasteiger partial charge is 0.355 e. The van der Waals surface area contributed by atoms with Crippen LogP contribution in [0.5, 0.6) is 0 Å². The lowest BCUT2D eigenvalue weighted by Crippen LogP contribution is -2.64. The van der Waals surface area contributed by atoms with E-state index < -0.39 is 5.54 Å². The highest BCUT2D eigenvalue weighted by atomic mass is 19.1. The van der Waals surface area contributed by atoms with Crippen LogP contribution in [-0.4, -0.2) is 58.9 Å². The zero-order valence-electron chi connectivity index (χ0n) is 17.8. The Morgan fingerprint density at radius 1 is 1.33 bits per heavy atom. The van der Waals surface area contributed by atoms with Gasteiger partial charge in [-0.3, -0.25) is 9.80 Å². The summed E-state index contributed by atoms with van der Waals surface area (Å²) < 4.78 is 14.1. The van der Waals surface area contributed by atoms with Crippen LogP contribution in [0.3, 0.4) is 0 Å². The number of aliphatic imine (C=N–C) groups is 1. The smallest absolute Gasteiger partial charge is 0.350 e. The second-order valence-corrected chi connectivity index (χ2v) is 9.25. The second kappa shape index (κ2) is 7.39. The first kappa shape index (κ1) is 19.6. The minimum absolute atomic E-state index is 0.256. The Morgan fingerprint density at radius 3 is 2.87 bits per heavy atom. The molecule has 3 aliphatic heterocycles. The SMILES string of the molecule is CC#CCN1CCC2(CC1C)C(N1C[C@H]3CC[C@@H]1C3)=NC(=O)N2c1cccc(F)c1. The van der Waals surface area contributed by atoms with Crippen LogP contribution in [0.2, 0.25) is 0 Å². The number of piperidine rings is 2. The third-order valence-electron chi connectivity index (χ3n) is 7.51. The van der Waals surface area contributed by atoms with Crippen LogP contribution < -0.4 is 4.90 Å². The molecule has 6 heteroatoms. The standard InChI is InChI=1S/C24H29FN4O/c1-3-4-11-27-12-10-24(15-17(27)2)22(28-16-18-8-9-20(28)13-18)26-23(30)29(24)21-7-5-6-19(25)14-21/h5-7,14,17-18,20H,8-13,15-16H2,1-2H3/t17?,18-,20+,24?/m0/s1. The molecule has 0 N–H and O–H groups in total. The Balaban J connectivity index is 1.53. The zero-order valence-corrected chi connectivity index (χ0v) is 17.8. The number of fused-ring (bicyclic) bond motifs is 2. The van der Waals surface area contributed by atoms with Gasteiger partial charge in [-0.1, -0.05) is 12.0 Å². The van der Waals surface area contributed by atoms with Crippen molar-refractivity contribution < 1.29 is 9.18 Å². The van der Waals surface area contributed by atoms with Crippen molar-refractivity contribution in [2.75, 3.05) is 24.5 Å². The van der Waals surface area contributed by atoms with Crippen molar-refractivity contribution in [2.45, 2.75) is 63.6 Å². The predicted octanol–water partition coefficient (Wildman–Crippen LogP) is 3.89. The quantitative estimate of drug-likeness (QED) is 0.697. The number of halogens is 1. The number of amidine groups is 1. The highest BCUT2D eigenvalue weighted by molar-refractivity contribution is 6.16. The molecular formula is C24H29FN4O. The lowest BCUT2D eigenvalue weighted by molar-refractivity contribution is 0.139. The molecule has 2 saturated heterocycles. The number of carbonyl (C=O) groups is 1. The Bertz CT molecular complexity index is 950. The van der Waals surface area contributed by atoms with Crippen LogP contribution in [0, 0.1) is 23.6 Å².